The summed E-state index contributed by atoms with van der Waals surface area (Å²) < 4.78 is 29.8. The summed E-state index contributed by atoms with van der Waals surface area (Å²) in [5, 5.41) is 25.2. The molecule has 5 aromatic rings. The molecular weight excluding hydrogens is 588 g/mol. The van der Waals surface area contributed by atoms with Crippen molar-refractivity contribution in [2.75, 3.05) is 18.4 Å². The number of piperidine rings is 1. The third-order valence-corrected chi connectivity index (χ3v) is 9.72. The number of sulfonamides is 1. The van der Waals surface area contributed by atoms with Crippen LogP contribution in [0.15, 0.2) is 71.2 Å². The van der Waals surface area contributed by atoms with Gasteiger partial charge in [0.2, 0.25) is 16.0 Å². The number of carboxylic acid groups (broad SMARTS) is 1. The first kappa shape index (κ1) is 27.1. The summed E-state index contributed by atoms with van der Waals surface area (Å²) in [6.07, 6.45) is 4.87. The number of fused-ring (bicyclic) bond motifs is 1. The minimum absolute atomic E-state index is 0.191. The van der Waals surface area contributed by atoms with Gasteiger partial charge in [0.25, 0.3) is 0 Å². The molecule has 4 heterocycles. The van der Waals surface area contributed by atoms with Crippen molar-refractivity contribution in [1.29, 1.82) is 0 Å². The van der Waals surface area contributed by atoms with E-state index in [9.17, 15) is 23.4 Å². The number of halogens is 1. The zero-order valence-electron chi connectivity index (χ0n) is 21.3. The lowest BCUT2D eigenvalue weighted by Gasteiger charge is -2.32. The van der Waals surface area contributed by atoms with Crippen molar-refractivity contribution in [2.45, 2.75) is 23.8 Å². The monoisotopic (exact) mass is 610 g/mol. The number of aromatic carboxylic acids is 1. The molecule has 0 spiro atoms. The molecule has 210 valence electrons. The standard InChI is InChI=1S/C27H23ClN6O5S2/c28-17-4-6-19(7-5-17)41(38,39)33-11-1-2-18(15-33)30-26-29-10-9-21(31-26)24-23(32-27-34(24)12-13-40-27)16-3-8-20(25(36)37)22(35)14-16/h3-10,12-14,18,35H,1-2,11,15H2,(H,36,37)(H,29,30,31)/t18-/m1/s1. The molecule has 3 N–H and O–H groups in total. The summed E-state index contributed by atoms with van der Waals surface area (Å²) >= 11 is 7.36. The zero-order valence-corrected chi connectivity index (χ0v) is 23.7. The van der Waals surface area contributed by atoms with Crippen molar-refractivity contribution in [1.82, 2.24) is 23.7 Å². The van der Waals surface area contributed by atoms with E-state index in [0.29, 0.717) is 51.5 Å². The molecule has 0 saturated carbocycles. The second-order valence-electron chi connectivity index (χ2n) is 9.47. The molecule has 41 heavy (non-hydrogen) atoms. The number of phenols is 1. The van der Waals surface area contributed by atoms with E-state index >= 15 is 0 Å². The maximum atomic E-state index is 13.2. The molecule has 11 nitrogen and oxygen atoms in total. The number of hydrogen-bond donors (Lipinski definition) is 3. The second kappa shape index (κ2) is 10.7. The smallest absolute Gasteiger partial charge is 0.339 e. The van der Waals surface area contributed by atoms with Crippen molar-refractivity contribution in [3.05, 3.63) is 76.9 Å². The molecule has 0 aliphatic carbocycles. The van der Waals surface area contributed by atoms with Gasteiger partial charge in [-0.25, -0.2) is 28.2 Å². The number of aromatic hydroxyl groups is 1. The second-order valence-corrected chi connectivity index (χ2v) is 12.7. The lowest BCUT2D eigenvalue weighted by Crippen LogP contribution is -2.45. The number of hydrogen-bond acceptors (Lipinski definition) is 9. The Hall–Kier alpha value is -4.04. The van der Waals surface area contributed by atoms with Gasteiger partial charge in [-0.2, -0.15) is 4.31 Å². The van der Waals surface area contributed by atoms with Gasteiger partial charge < -0.3 is 15.5 Å². The Morgan fingerprint density at radius 2 is 1.93 bits per heavy atom. The van der Waals surface area contributed by atoms with Gasteiger partial charge in [-0.3, -0.25) is 4.40 Å². The lowest BCUT2D eigenvalue weighted by atomic mass is 10.0. The van der Waals surface area contributed by atoms with Gasteiger partial charge in [0.05, 0.1) is 16.3 Å². The molecule has 1 atom stereocenters. The molecule has 3 aromatic heterocycles. The van der Waals surface area contributed by atoms with E-state index in [2.05, 4.69) is 10.3 Å². The van der Waals surface area contributed by atoms with Crippen molar-refractivity contribution in [3.8, 4) is 28.4 Å². The van der Waals surface area contributed by atoms with E-state index in [4.69, 9.17) is 21.6 Å². The number of carboxylic acids is 1. The predicted octanol–water partition coefficient (Wildman–Crippen LogP) is 4.84. The minimum atomic E-state index is -3.69. The van der Waals surface area contributed by atoms with Crippen molar-refractivity contribution >= 4 is 49.8 Å². The van der Waals surface area contributed by atoms with E-state index in [1.807, 2.05) is 16.0 Å². The fourth-order valence-corrected chi connectivity index (χ4v) is 7.23. The van der Waals surface area contributed by atoms with Crippen LogP contribution in [0.4, 0.5) is 5.95 Å². The molecule has 1 saturated heterocycles. The summed E-state index contributed by atoms with van der Waals surface area (Å²) in [6, 6.07) is 12.0. The predicted molar refractivity (Wildman–Crippen MR) is 155 cm³/mol. The number of imidazole rings is 1. The summed E-state index contributed by atoms with van der Waals surface area (Å²) in [7, 11) is -3.69. The SMILES string of the molecule is O=C(O)c1ccc(-c2nc3sccn3c2-c2ccnc(N[C@@H]3CCCN(S(=O)(=O)c4ccc(Cl)cc4)C3)n2)cc1O. The first-order chi connectivity index (χ1) is 19.7. The summed E-state index contributed by atoms with van der Waals surface area (Å²) in [6.45, 7) is 0.660. The molecule has 14 heteroatoms. The highest BCUT2D eigenvalue weighted by Gasteiger charge is 2.31. The third-order valence-electron chi connectivity index (χ3n) is 6.83. The molecule has 1 aliphatic heterocycles. The molecule has 0 radical (unpaired) electrons. The third kappa shape index (κ3) is 5.24. The van der Waals surface area contributed by atoms with Crippen LogP contribution in [0.3, 0.4) is 0 Å². The fraction of sp³-hybridized carbons (Fsp3) is 0.185. The van der Waals surface area contributed by atoms with Gasteiger partial charge in [0.1, 0.15) is 17.0 Å². The van der Waals surface area contributed by atoms with Crippen LogP contribution >= 0.6 is 22.9 Å². The molecule has 1 fully saturated rings. The Balaban J connectivity index is 1.29. The van der Waals surface area contributed by atoms with Gasteiger partial charge in [-0.15, -0.1) is 11.3 Å². The largest absolute Gasteiger partial charge is 0.507 e. The van der Waals surface area contributed by atoms with Crippen LogP contribution in [0, 0.1) is 0 Å². The molecule has 0 amide bonds. The number of aromatic nitrogens is 4. The van der Waals surface area contributed by atoms with Gasteiger partial charge in [-0.1, -0.05) is 17.7 Å². The Labute approximate surface area is 243 Å². The number of rotatable bonds is 7. The fourth-order valence-electron chi connectivity index (χ4n) is 4.87. The molecule has 2 aromatic carbocycles. The number of nitrogens with one attached hydrogen (secondary N) is 1. The van der Waals surface area contributed by atoms with E-state index in [1.54, 1.807) is 30.5 Å². The molecule has 0 unspecified atom stereocenters. The van der Waals surface area contributed by atoms with Crippen LogP contribution in [0.5, 0.6) is 5.75 Å². The Kier molecular flexibility index (Phi) is 7.11. The van der Waals surface area contributed by atoms with E-state index < -0.39 is 16.0 Å². The summed E-state index contributed by atoms with van der Waals surface area (Å²) in [5.41, 5.74) is 2.04. The van der Waals surface area contributed by atoms with E-state index in [1.165, 1.54) is 39.9 Å². The van der Waals surface area contributed by atoms with Crippen LogP contribution in [0.1, 0.15) is 23.2 Å². The van der Waals surface area contributed by atoms with Crippen LogP contribution < -0.4 is 5.32 Å². The van der Waals surface area contributed by atoms with Crippen LogP contribution in [0.2, 0.25) is 5.02 Å². The van der Waals surface area contributed by atoms with Crippen molar-refractivity contribution in [2.24, 2.45) is 0 Å². The first-order valence-electron chi connectivity index (χ1n) is 12.6. The summed E-state index contributed by atoms with van der Waals surface area (Å²) in [5.74, 6) is -1.26. The number of thiazole rings is 1. The van der Waals surface area contributed by atoms with Crippen LogP contribution in [-0.4, -0.2) is 67.4 Å². The van der Waals surface area contributed by atoms with Gasteiger partial charge >= 0.3 is 5.97 Å². The average molecular weight is 611 g/mol. The first-order valence-corrected chi connectivity index (χ1v) is 15.3. The topological polar surface area (TPSA) is 150 Å². The van der Waals surface area contributed by atoms with Gasteiger partial charge in [-0.05, 0) is 55.3 Å². The normalized spacial score (nSPS) is 16.2. The number of nitrogens with zero attached hydrogens (tertiary/aromatic N) is 5. The van der Waals surface area contributed by atoms with E-state index in [-0.39, 0.29) is 28.8 Å². The summed E-state index contributed by atoms with van der Waals surface area (Å²) in [4.78, 5) is 26.1. The van der Waals surface area contributed by atoms with Gasteiger partial charge in [0, 0.05) is 47.5 Å². The molecule has 0 bridgehead atoms. The molecule has 1 aliphatic rings. The number of carbonyl (C=O) groups is 1. The van der Waals surface area contributed by atoms with Crippen molar-refractivity contribution in [3.63, 3.8) is 0 Å². The highest BCUT2D eigenvalue weighted by Crippen LogP contribution is 2.36. The Morgan fingerprint density at radius 1 is 1.12 bits per heavy atom. The highest BCUT2D eigenvalue weighted by molar-refractivity contribution is 7.89. The Bertz CT molecular complexity index is 1870. The van der Waals surface area contributed by atoms with Crippen LogP contribution in [0.25, 0.3) is 27.6 Å². The lowest BCUT2D eigenvalue weighted by molar-refractivity contribution is 0.0693. The molecule has 6 rings (SSSR count). The maximum Gasteiger partial charge on any atom is 0.339 e. The minimum Gasteiger partial charge on any atom is -0.507 e. The number of anilines is 1. The maximum absolute atomic E-state index is 13.2. The molecular formula is C27H23ClN6O5S2. The average Bonchev–Trinajstić information content (AvgIpc) is 3.55. The van der Waals surface area contributed by atoms with Gasteiger partial charge in [0.15, 0.2) is 4.96 Å². The van der Waals surface area contributed by atoms with E-state index in [0.717, 1.165) is 6.42 Å². The van der Waals surface area contributed by atoms with Crippen LogP contribution in [-0.2, 0) is 10.0 Å². The number of benzene rings is 2. The highest BCUT2D eigenvalue weighted by atomic mass is 35.5. The van der Waals surface area contributed by atoms with Crippen molar-refractivity contribution < 1.29 is 23.4 Å². The zero-order chi connectivity index (χ0) is 28.7. The quantitative estimate of drug-likeness (QED) is 0.235. The Morgan fingerprint density at radius 3 is 2.68 bits per heavy atom.